The van der Waals surface area contributed by atoms with Crippen LogP contribution >= 0.6 is 34.8 Å². The van der Waals surface area contributed by atoms with Crippen molar-refractivity contribution in [1.29, 1.82) is 0 Å². The summed E-state index contributed by atoms with van der Waals surface area (Å²) in [7, 11) is 0. The van der Waals surface area contributed by atoms with Gasteiger partial charge in [0.05, 0.1) is 5.56 Å². The molecule has 8 aromatic rings. The summed E-state index contributed by atoms with van der Waals surface area (Å²) in [5.41, 5.74) is 19.8. The highest BCUT2D eigenvalue weighted by Gasteiger charge is 2.31. The summed E-state index contributed by atoms with van der Waals surface area (Å²) in [6, 6.07) is 35.7. The summed E-state index contributed by atoms with van der Waals surface area (Å²) < 4.78 is 0. The van der Waals surface area contributed by atoms with Gasteiger partial charge in [0.1, 0.15) is 0 Å². The first-order chi connectivity index (χ1) is 37.8. The molecule has 0 bridgehead atoms. The van der Waals surface area contributed by atoms with Crippen molar-refractivity contribution in [3.63, 3.8) is 0 Å². The lowest BCUT2D eigenvalue weighted by Crippen LogP contribution is -2.42. The number of aromatic carboxylic acids is 1. The van der Waals surface area contributed by atoms with E-state index < -0.39 is 5.97 Å². The van der Waals surface area contributed by atoms with Crippen LogP contribution in [0.25, 0.3) is 22.3 Å². The molecule has 0 radical (unpaired) electrons. The maximum atomic E-state index is 11.1. The molecule has 0 aliphatic heterocycles. The fourth-order valence-corrected chi connectivity index (χ4v) is 9.33. The van der Waals surface area contributed by atoms with E-state index in [-0.39, 0.29) is 22.8 Å². The van der Waals surface area contributed by atoms with Gasteiger partial charge in [-0.1, -0.05) is 83.9 Å². The van der Waals surface area contributed by atoms with Gasteiger partial charge in [-0.05, 0) is 196 Å². The molecule has 0 spiro atoms. The Balaban J connectivity index is 0.000000253. The second-order valence-corrected chi connectivity index (χ2v) is 20.8. The molecule has 8 rings (SSSR count). The first-order valence-electron chi connectivity index (χ1n) is 25.7. The van der Waals surface area contributed by atoms with Crippen molar-refractivity contribution in [3.8, 4) is 22.3 Å². The van der Waals surface area contributed by atoms with Crippen molar-refractivity contribution < 1.29 is 19.5 Å². The summed E-state index contributed by atoms with van der Waals surface area (Å²) in [6.07, 6.45) is 15.3. The Hall–Kier alpha value is -7.26. The average molecular weight is 1120 g/mol. The number of aromatic nitrogens is 6. The quantitative estimate of drug-likeness (QED) is 0.0511. The van der Waals surface area contributed by atoms with Gasteiger partial charge < -0.3 is 16.2 Å². The number of carbonyl (C=O) groups is 1. The number of nitrogens with one attached hydrogen (secondary N) is 1. The minimum atomic E-state index is -1.04. The zero-order valence-corrected chi connectivity index (χ0v) is 48.3. The number of rotatable bonds is 19. The van der Waals surface area contributed by atoms with Gasteiger partial charge >= 0.3 is 12.1 Å². The van der Waals surface area contributed by atoms with E-state index in [1.54, 1.807) is 18.5 Å². The molecule has 4 aromatic carbocycles. The summed E-state index contributed by atoms with van der Waals surface area (Å²) >= 11 is 18.2. The number of pyridine rings is 2. The van der Waals surface area contributed by atoms with Gasteiger partial charge in [0.2, 0.25) is 11.2 Å². The van der Waals surface area contributed by atoms with E-state index >= 15 is 0 Å². The first kappa shape index (κ1) is 62.6. The van der Waals surface area contributed by atoms with Crippen LogP contribution in [0.2, 0.25) is 15.3 Å². The van der Waals surface area contributed by atoms with Crippen LogP contribution in [0.3, 0.4) is 0 Å². The van der Waals surface area contributed by atoms with Crippen molar-refractivity contribution >= 4 is 52.9 Å². The summed E-state index contributed by atoms with van der Waals surface area (Å²) in [6.45, 7) is 22.1. The predicted molar refractivity (Wildman–Crippen MR) is 316 cm³/mol. The highest BCUT2D eigenvalue weighted by atomic mass is 35.5. The monoisotopic (exact) mass is 1120 g/mol. The molecule has 0 saturated heterocycles. The van der Waals surface area contributed by atoms with Crippen LogP contribution in [-0.2, 0) is 33.8 Å². The topological polar surface area (TPSA) is 193 Å². The first-order valence-corrected chi connectivity index (χ1v) is 26.9. The van der Waals surface area contributed by atoms with Crippen LogP contribution in [0.1, 0.15) is 95.4 Å². The third-order valence-electron chi connectivity index (χ3n) is 13.8. The zero-order valence-electron chi connectivity index (χ0n) is 46.1. The number of halogens is 3. The van der Waals surface area contributed by atoms with Crippen molar-refractivity contribution in [2.24, 2.45) is 5.73 Å². The SMILES string of the molecule is Cc1cnccc1-c1cccc(C(C)(C)N(CCCN)Cc2cccc(Cl)c2C)c1.Cc1cnccc1-c1cccc(C(C)(C)N(CCCNc2ncc(C(=O)O)cn2)Cc2cccc(Cl)c2C)c1.Clc1ncccn1.O=C=O. The Kier molecular flexibility index (Phi) is 24.4. The molecule has 0 fully saturated rings. The maximum Gasteiger partial charge on any atom is 0.373 e. The van der Waals surface area contributed by atoms with E-state index in [2.05, 4.69) is 173 Å². The largest absolute Gasteiger partial charge is 0.478 e. The lowest BCUT2D eigenvalue weighted by Gasteiger charge is -2.40. The number of carbonyl (C=O) groups excluding carboxylic acids is 2. The van der Waals surface area contributed by atoms with Crippen molar-refractivity contribution in [1.82, 2.24) is 39.7 Å². The van der Waals surface area contributed by atoms with Crippen LogP contribution in [0.4, 0.5) is 5.95 Å². The number of hydrogen-bond acceptors (Lipinski definition) is 13. The average Bonchev–Trinajstić information content (AvgIpc) is 3.45. The number of nitrogens with two attached hydrogens (primary N) is 1. The molecule has 4 aromatic heterocycles. The van der Waals surface area contributed by atoms with Gasteiger partial charge in [-0.3, -0.25) is 19.8 Å². The number of carboxylic acid groups (broad SMARTS) is 1. The Morgan fingerprint density at radius 1 is 0.608 bits per heavy atom. The fraction of sp³-hybridized carbons (Fsp3) is 0.290. The second-order valence-electron chi connectivity index (χ2n) is 19.7. The molecule has 412 valence electrons. The van der Waals surface area contributed by atoms with Crippen LogP contribution in [0.5, 0.6) is 0 Å². The third-order valence-corrected chi connectivity index (χ3v) is 14.8. The number of aryl methyl sites for hydroxylation is 2. The Bertz CT molecular complexity index is 3250. The van der Waals surface area contributed by atoms with Crippen molar-refractivity contribution in [3.05, 3.63) is 218 Å². The van der Waals surface area contributed by atoms with E-state index in [0.717, 1.165) is 65.8 Å². The van der Waals surface area contributed by atoms with Crippen LogP contribution < -0.4 is 11.1 Å². The fourth-order valence-electron chi connectivity index (χ4n) is 8.83. The lowest BCUT2D eigenvalue weighted by atomic mass is 9.88. The molecule has 79 heavy (non-hydrogen) atoms. The van der Waals surface area contributed by atoms with Crippen LogP contribution in [0.15, 0.2) is 153 Å². The molecule has 0 atom stereocenters. The summed E-state index contributed by atoms with van der Waals surface area (Å²) in [5, 5.41) is 14.1. The molecule has 4 N–H and O–H groups in total. The van der Waals surface area contributed by atoms with Crippen LogP contribution in [-0.4, -0.2) is 83.1 Å². The van der Waals surface area contributed by atoms with Crippen molar-refractivity contribution in [2.75, 3.05) is 31.5 Å². The Morgan fingerprint density at radius 3 is 1.46 bits per heavy atom. The molecular weight excluding hydrogens is 1060 g/mol. The van der Waals surface area contributed by atoms with Crippen LogP contribution in [0, 0.1) is 27.7 Å². The van der Waals surface area contributed by atoms with Gasteiger partial charge in [-0.15, -0.1) is 0 Å². The summed E-state index contributed by atoms with van der Waals surface area (Å²) in [5.74, 6) is -0.629. The third kappa shape index (κ3) is 18.1. The highest BCUT2D eigenvalue weighted by molar-refractivity contribution is 6.31. The number of carboxylic acids is 1. The predicted octanol–water partition coefficient (Wildman–Crippen LogP) is 13.4. The Labute approximate surface area is 479 Å². The van der Waals surface area contributed by atoms with Gasteiger partial charge in [-0.25, -0.2) is 24.7 Å². The molecule has 4 heterocycles. The highest BCUT2D eigenvalue weighted by Crippen LogP contribution is 2.36. The van der Waals surface area contributed by atoms with Crippen molar-refractivity contribution in [2.45, 2.75) is 92.4 Å². The summed E-state index contributed by atoms with van der Waals surface area (Å²) in [4.78, 5) is 56.3. The van der Waals surface area contributed by atoms with E-state index in [0.29, 0.717) is 24.3 Å². The standard InChI is InChI=1S/C31H34ClN5O2.C26H32ClN3.C4H3ClN2.CO2/c1-21-17-33-14-12-27(21)23-8-5-10-26(16-23)31(3,4)37(20-24-9-6-11-28(32)22(24)2)15-7-13-34-30-35-18-25(19-36-30)29(38)39;1-19-17-29-14-12-24(19)21-8-5-10-23(16-21)26(3,4)30(15-7-13-28)18-22-9-6-11-25(27)20(22)2;5-4-6-2-1-3-7-4;2-1-3/h5-6,8-12,14,16-19H,7,13,15,20H2,1-4H3,(H,38,39)(H,34,35,36);5-6,8-12,14,16-17H,7,13,15,18,28H2,1-4H3;1-3H;. The lowest BCUT2D eigenvalue weighted by molar-refractivity contribution is -0.191. The van der Waals surface area contributed by atoms with E-state index in [1.165, 1.54) is 62.5 Å². The molecule has 14 nitrogen and oxygen atoms in total. The number of anilines is 1. The van der Waals surface area contributed by atoms with E-state index in [4.69, 9.17) is 55.2 Å². The molecule has 0 aliphatic carbocycles. The molecule has 0 unspecified atom stereocenters. The maximum absolute atomic E-state index is 11.1. The van der Waals surface area contributed by atoms with E-state index in [1.807, 2.05) is 49.1 Å². The number of benzene rings is 4. The minimum Gasteiger partial charge on any atom is -0.478 e. The van der Waals surface area contributed by atoms with Gasteiger partial charge in [-0.2, -0.15) is 9.59 Å². The molecule has 0 saturated carbocycles. The second kappa shape index (κ2) is 30.8. The van der Waals surface area contributed by atoms with Gasteiger partial charge in [0.15, 0.2) is 0 Å². The minimum absolute atomic E-state index is 0.0644. The number of nitrogens with zero attached hydrogens (tertiary/aromatic N) is 8. The molecule has 0 amide bonds. The molecular formula is C62H69Cl3N10O4. The van der Waals surface area contributed by atoms with E-state index in [9.17, 15) is 4.79 Å². The zero-order chi connectivity index (χ0) is 57.5. The molecule has 17 heteroatoms. The smallest absolute Gasteiger partial charge is 0.373 e. The molecule has 0 aliphatic rings. The number of hydrogen-bond donors (Lipinski definition) is 3. The normalized spacial score (nSPS) is 11.1. The van der Waals surface area contributed by atoms with Gasteiger partial charge in [0.25, 0.3) is 0 Å². The van der Waals surface area contributed by atoms with Gasteiger partial charge in [0, 0.05) is 103 Å². The Morgan fingerprint density at radius 2 is 1.05 bits per heavy atom.